The van der Waals surface area contributed by atoms with E-state index in [2.05, 4.69) is 36.3 Å². The Morgan fingerprint density at radius 1 is 0.967 bits per heavy atom. The molecule has 1 aromatic heterocycles. The van der Waals surface area contributed by atoms with Crippen molar-refractivity contribution in [1.29, 1.82) is 0 Å². The van der Waals surface area contributed by atoms with Gasteiger partial charge in [-0.1, -0.05) is 75.1 Å². The van der Waals surface area contributed by atoms with Crippen molar-refractivity contribution < 1.29 is 34.2 Å². The quantitative estimate of drug-likeness (QED) is 0.480. The van der Waals surface area contributed by atoms with Gasteiger partial charge in [-0.3, -0.25) is 5.43 Å². The molecule has 0 fully saturated rings. The Bertz CT molecular complexity index is 929. The molecule has 1 heterocycles. The van der Waals surface area contributed by atoms with E-state index in [4.69, 9.17) is 5.73 Å². The summed E-state index contributed by atoms with van der Waals surface area (Å²) in [5.74, 6) is 0.388. The minimum atomic E-state index is -0.206. The van der Waals surface area contributed by atoms with Gasteiger partial charge >= 0.3 is 0 Å². The fraction of sp³-hybridized carbons (Fsp3) is 0.182. The first-order valence-electron chi connectivity index (χ1n) is 8.76. The number of rotatable bonds is 3. The second-order valence-electron chi connectivity index (χ2n) is 7.08. The van der Waals surface area contributed by atoms with E-state index >= 15 is 0 Å². The van der Waals surface area contributed by atoms with E-state index in [0.717, 1.165) is 5.56 Å². The van der Waals surface area contributed by atoms with Gasteiger partial charge in [0, 0.05) is 24.8 Å². The number of nitrogens with one attached hydrogen (secondary N) is 2. The zero-order valence-electron chi connectivity index (χ0n) is 17.0. The van der Waals surface area contributed by atoms with Gasteiger partial charge in [-0.05, 0) is 28.7 Å². The number of hydrogen-bond donors (Lipinski definition) is 1. The Morgan fingerprint density at radius 3 is 2.20 bits per heavy atom. The van der Waals surface area contributed by atoms with Crippen LogP contribution in [0.5, 0.6) is 11.5 Å². The predicted octanol–water partition coefficient (Wildman–Crippen LogP) is 4.22. The number of hydrogen-bond acceptors (Lipinski definition) is 5. The number of pyridine rings is 1. The minimum Gasteiger partial charge on any atom is -2.00 e. The number of nitrogens with zero attached hydrogens (tertiary/aromatic N) is 2. The van der Waals surface area contributed by atoms with Crippen LogP contribution in [0.15, 0.2) is 72.0 Å². The third-order valence-corrected chi connectivity index (χ3v) is 3.81. The van der Waals surface area contributed by atoms with Gasteiger partial charge in [0.2, 0.25) is 0 Å². The van der Waals surface area contributed by atoms with Gasteiger partial charge in [0.05, 0.1) is 6.21 Å². The summed E-state index contributed by atoms with van der Waals surface area (Å²) in [6.45, 7) is 6.19. The summed E-state index contributed by atoms with van der Waals surface area (Å²) >= 11 is 0. The van der Waals surface area contributed by atoms with Crippen LogP contribution < -0.4 is 15.6 Å². The Labute approximate surface area is 188 Å². The van der Waals surface area contributed by atoms with Gasteiger partial charge < -0.3 is 21.4 Å². The van der Waals surface area contributed by atoms with E-state index in [0.29, 0.717) is 11.4 Å². The summed E-state index contributed by atoms with van der Waals surface area (Å²) in [4.78, 5) is 4.03. The number of benzene rings is 2. The maximum atomic E-state index is 11.3. The molecule has 0 aliphatic carbocycles. The topological polar surface area (TPSA) is 136 Å². The van der Waals surface area contributed by atoms with Crippen molar-refractivity contribution in [1.82, 2.24) is 4.98 Å². The molecule has 0 saturated heterocycles. The smallest absolute Gasteiger partial charge is 0.146 e. The van der Waals surface area contributed by atoms with Crippen molar-refractivity contribution in [2.45, 2.75) is 26.2 Å². The predicted molar refractivity (Wildman–Crippen MR) is 111 cm³/mol. The van der Waals surface area contributed by atoms with Crippen LogP contribution in [0, 0.1) is 0 Å². The Morgan fingerprint density at radius 2 is 1.63 bits per heavy atom. The van der Waals surface area contributed by atoms with Gasteiger partial charge in [-0.2, -0.15) is 5.10 Å². The molecule has 159 valence electrons. The van der Waals surface area contributed by atoms with Crippen LogP contribution in [0.1, 0.15) is 31.9 Å². The van der Waals surface area contributed by atoms with Crippen molar-refractivity contribution in [2.24, 2.45) is 5.10 Å². The Balaban J connectivity index is 0.000000545. The fourth-order valence-corrected chi connectivity index (χ4v) is 2.18. The molecule has 0 bridgehead atoms. The first kappa shape index (κ1) is 27.0. The molecule has 0 aliphatic rings. The van der Waals surface area contributed by atoms with Crippen LogP contribution in [0.3, 0.4) is 0 Å². The number of anilines is 1. The largest absolute Gasteiger partial charge is 2.00 e. The van der Waals surface area contributed by atoms with Gasteiger partial charge in [0.1, 0.15) is 5.82 Å². The van der Waals surface area contributed by atoms with Crippen molar-refractivity contribution in [3.05, 3.63) is 83.7 Å². The second-order valence-corrected chi connectivity index (χ2v) is 7.08. The van der Waals surface area contributed by atoms with Crippen molar-refractivity contribution >= 4 is 17.7 Å². The van der Waals surface area contributed by atoms with Gasteiger partial charge in [-0.25, -0.2) is 4.98 Å². The van der Waals surface area contributed by atoms with E-state index < -0.39 is 0 Å². The minimum absolute atomic E-state index is 0. The van der Waals surface area contributed by atoms with E-state index in [-0.39, 0.29) is 46.6 Å². The molecular weight excluding hydrogens is 419 g/mol. The van der Waals surface area contributed by atoms with E-state index in [1.807, 2.05) is 12.1 Å². The summed E-state index contributed by atoms with van der Waals surface area (Å²) in [5, 5.41) is 26.2. The first-order valence-corrected chi connectivity index (χ1v) is 8.76. The summed E-state index contributed by atoms with van der Waals surface area (Å²) in [6.07, 6.45) is 3.15. The fourth-order valence-electron chi connectivity index (χ4n) is 2.18. The summed E-state index contributed by atoms with van der Waals surface area (Å²) in [6, 6.07) is 17.1. The third kappa shape index (κ3) is 8.57. The van der Waals surface area contributed by atoms with Crippen molar-refractivity contribution in [3.63, 3.8) is 0 Å². The van der Waals surface area contributed by atoms with Crippen molar-refractivity contribution in [3.8, 4) is 11.5 Å². The number of hydrazone groups is 1. The molecular formula is C22H23N4O3V-5. The van der Waals surface area contributed by atoms with E-state index in [9.17, 15) is 10.2 Å². The van der Waals surface area contributed by atoms with E-state index in [1.165, 1.54) is 18.3 Å². The maximum Gasteiger partial charge on any atom is 0.146 e. The molecule has 0 spiro atoms. The van der Waals surface area contributed by atoms with E-state index in [1.54, 1.807) is 42.6 Å². The van der Waals surface area contributed by atoms with Crippen LogP contribution >= 0.6 is 0 Å². The molecule has 0 aliphatic heterocycles. The Hall–Kier alpha value is -3.00. The SMILES string of the molecule is CC(C)(C)c1ccc([O-])c([NH-])c1.[O-2].[O-]c1ccccc1/C=N/Nc1ccccn1.[V]. The molecule has 0 amide bonds. The molecule has 0 atom stereocenters. The zero-order chi connectivity index (χ0) is 20.6. The van der Waals surface area contributed by atoms with Crippen molar-refractivity contribution in [2.75, 3.05) is 5.43 Å². The van der Waals surface area contributed by atoms with Gasteiger partial charge in [0.25, 0.3) is 0 Å². The first-order chi connectivity index (χ1) is 13.3. The third-order valence-electron chi connectivity index (χ3n) is 3.81. The summed E-state index contributed by atoms with van der Waals surface area (Å²) in [5.41, 5.74) is 11.8. The number of aromatic nitrogens is 1. The molecule has 30 heavy (non-hydrogen) atoms. The van der Waals surface area contributed by atoms with Crippen LogP contribution in [-0.4, -0.2) is 11.2 Å². The second kappa shape index (κ2) is 12.5. The molecule has 2 N–H and O–H groups in total. The summed E-state index contributed by atoms with van der Waals surface area (Å²) in [7, 11) is 0. The molecule has 2 aromatic carbocycles. The summed E-state index contributed by atoms with van der Waals surface area (Å²) < 4.78 is 0. The van der Waals surface area contributed by atoms with Crippen LogP contribution in [0.4, 0.5) is 11.5 Å². The molecule has 3 aromatic rings. The van der Waals surface area contributed by atoms with Crippen LogP contribution in [-0.2, 0) is 29.4 Å². The molecule has 8 heteroatoms. The van der Waals surface area contributed by atoms with Crippen LogP contribution in [0.25, 0.3) is 5.73 Å². The number of para-hydroxylation sites is 1. The van der Waals surface area contributed by atoms with Gasteiger partial charge in [-0.15, -0.1) is 11.4 Å². The molecule has 7 nitrogen and oxygen atoms in total. The molecule has 0 saturated carbocycles. The normalized spacial score (nSPS) is 10.2. The Kier molecular flexibility index (Phi) is 11.3. The molecule has 0 unspecified atom stereocenters. The maximum absolute atomic E-state index is 11.3. The molecule has 1 radical (unpaired) electrons. The average Bonchev–Trinajstić information content (AvgIpc) is 2.66. The zero-order valence-corrected chi connectivity index (χ0v) is 18.4. The van der Waals surface area contributed by atoms with Gasteiger partial charge in [0.15, 0.2) is 0 Å². The molecule has 3 rings (SSSR count). The average molecular weight is 442 g/mol. The van der Waals surface area contributed by atoms with Crippen LogP contribution in [0.2, 0.25) is 0 Å². The standard InChI is InChI=1S/C12H11N3O.C10H14NO.O.V/c16-11-6-2-1-5-10(11)9-14-15-12-7-3-4-8-13-12;1-10(2,3)7-4-5-9(12)8(11)6-7;;/h1-9,16H,(H,13,15);4-6,11-12H,1-3H3;;/q;-1;-2;/p-2/b14-9+;;;. The monoisotopic (exact) mass is 442 g/mol.